The lowest BCUT2D eigenvalue weighted by Crippen LogP contribution is -1.84. The maximum Gasteiger partial charge on any atom is 0.141 e. The van der Waals surface area contributed by atoms with Crippen LogP contribution in [-0.4, -0.2) is 10.1 Å². The fourth-order valence-corrected chi connectivity index (χ4v) is 1.91. The largest absolute Gasteiger partial charge is 0.506 e. The minimum atomic E-state index is 0.0666. The first-order valence-electron chi connectivity index (χ1n) is 4.38. The summed E-state index contributed by atoms with van der Waals surface area (Å²) in [7, 11) is 0. The zero-order valence-corrected chi connectivity index (χ0v) is 10.2. The molecule has 1 aromatic carbocycles. The zero-order valence-electron chi connectivity index (χ0n) is 7.92. The number of aromatic nitrogens is 1. The van der Waals surface area contributed by atoms with Crippen LogP contribution in [-0.2, 0) is 0 Å². The summed E-state index contributed by atoms with van der Waals surface area (Å²) in [4.78, 5) is 4.05. The number of benzene rings is 1. The fourth-order valence-electron chi connectivity index (χ4n) is 1.31. The first kappa shape index (κ1) is 11.5. The van der Waals surface area contributed by atoms with Crippen molar-refractivity contribution in [3.8, 4) is 17.0 Å². The molecule has 2 rings (SSSR count). The average molecular weight is 275 g/mol. The summed E-state index contributed by atoms with van der Waals surface area (Å²) in [5, 5.41) is 10.6. The lowest BCUT2D eigenvalue weighted by molar-refractivity contribution is 0.475. The van der Waals surface area contributed by atoms with Crippen LogP contribution in [0.25, 0.3) is 11.3 Å². The topological polar surface area (TPSA) is 33.1 Å². The molecule has 0 aliphatic carbocycles. The van der Waals surface area contributed by atoms with Gasteiger partial charge in [0.2, 0.25) is 0 Å². The maximum atomic E-state index is 9.63. The number of aromatic hydroxyl groups is 1. The highest BCUT2D eigenvalue weighted by Gasteiger charge is 2.10. The molecule has 0 spiro atoms. The molecule has 5 heteroatoms. The number of hydrogen-bond donors (Lipinski definition) is 1. The summed E-state index contributed by atoms with van der Waals surface area (Å²) >= 11 is 17.6. The Morgan fingerprint density at radius 1 is 1.06 bits per heavy atom. The molecule has 1 aromatic heterocycles. The van der Waals surface area contributed by atoms with E-state index in [0.717, 1.165) is 0 Å². The number of pyridine rings is 1. The van der Waals surface area contributed by atoms with E-state index in [9.17, 15) is 5.11 Å². The first-order chi connectivity index (χ1) is 7.59. The predicted octanol–water partition coefficient (Wildman–Crippen LogP) is 4.41. The lowest BCUT2D eigenvalue weighted by atomic mass is 10.1. The van der Waals surface area contributed by atoms with Crippen LogP contribution in [0.5, 0.6) is 5.75 Å². The highest BCUT2D eigenvalue weighted by molar-refractivity contribution is 6.48. The highest BCUT2D eigenvalue weighted by Crippen LogP contribution is 2.36. The van der Waals surface area contributed by atoms with Gasteiger partial charge in [0.1, 0.15) is 11.4 Å². The molecule has 0 saturated heterocycles. The van der Waals surface area contributed by atoms with E-state index in [2.05, 4.69) is 4.98 Å². The van der Waals surface area contributed by atoms with E-state index in [1.807, 2.05) is 0 Å². The van der Waals surface area contributed by atoms with Crippen LogP contribution < -0.4 is 0 Å². The van der Waals surface area contributed by atoms with Crippen molar-refractivity contribution < 1.29 is 5.11 Å². The Morgan fingerprint density at radius 2 is 1.69 bits per heavy atom. The SMILES string of the molecule is Oc1cccnc1-c1cc(Cl)c(Cl)c(Cl)c1. The summed E-state index contributed by atoms with van der Waals surface area (Å²) in [6, 6.07) is 6.40. The van der Waals surface area contributed by atoms with E-state index >= 15 is 0 Å². The van der Waals surface area contributed by atoms with E-state index in [1.54, 1.807) is 30.5 Å². The maximum absolute atomic E-state index is 9.63. The third-order valence-corrected chi connectivity index (χ3v) is 3.24. The van der Waals surface area contributed by atoms with Crippen molar-refractivity contribution in [2.24, 2.45) is 0 Å². The molecule has 82 valence electrons. The van der Waals surface area contributed by atoms with Gasteiger partial charge < -0.3 is 5.11 Å². The number of halogens is 3. The van der Waals surface area contributed by atoms with Crippen molar-refractivity contribution in [3.63, 3.8) is 0 Å². The van der Waals surface area contributed by atoms with E-state index in [0.29, 0.717) is 26.3 Å². The number of hydrogen-bond acceptors (Lipinski definition) is 2. The van der Waals surface area contributed by atoms with Gasteiger partial charge in [0, 0.05) is 11.8 Å². The Labute approximate surface area is 107 Å². The van der Waals surface area contributed by atoms with Gasteiger partial charge in [-0.25, -0.2) is 0 Å². The molecule has 0 unspecified atom stereocenters. The normalized spacial score (nSPS) is 10.4. The summed E-state index contributed by atoms with van der Waals surface area (Å²) in [6.07, 6.45) is 1.57. The third-order valence-electron chi connectivity index (χ3n) is 2.04. The van der Waals surface area contributed by atoms with Gasteiger partial charge in [0.25, 0.3) is 0 Å². The van der Waals surface area contributed by atoms with Crippen LogP contribution in [0, 0.1) is 0 Å². The monoisotopic (exact) mass is 273 g/mol. The molecule has 16 heavy (non-hydrogen) atoms. The third kappa shape index (κ3) is 2.09. The number of rotatable bonds is 1. The van der Waals surface area contributed by atoms with Crippen LogP contribution in [0.4, 0.5) is 0 Å². The van der Waals surface area contributed by atoms with Crippen molar-refractivity contribution in [3.05, 3.63) is 45.5 Å². The molecule has 0 radical (unpaired) electrons. The van der Waals surface area contributed by atoms with Gasteiger partial charge in [0.15, 0.2) is 0 Å². The molecule has 0 fully saturated rings. The summed E-state index contributed by atoms with van der Waals surface area (Å²) in [5.74, 6) is 0.0666. The molecular formula is C11H6Cl3NO. The summed E-state index contributed by atoms with van der Waals surface area (Å²) in [6.45, 7) is 0. The molecule has 1 N–H and O–H groups in total. The second-order valence-electron chi connectivity index (χ2n) is 3.13. The zero-order chi connectivity index (χ0) is 11.7. The van der Waals surface area contributed by atoms with Gasteiger partial charge in [-0.15, -0.1) is 0 Å². The standard InChI is InChI=1S/C11H6Cl3NO/c12-7-4-6(5-8(13)10(7)14)11-9(16)2-1-3-15-11/h1-5,16H. The van der Waals surface area contributed by atoms with Gasteiger partial charge in [-0.3, -0.25) is 4.98 Å². The highest BCUT2D eigenvalue weighted by atomic mass is 35.5. The van der Waals surface area contributed by atoms with Crippen LogP contribution in [0.2, 0.25) is 15.1 Å². The Morgan fingerprint density at radius 3 is 2.25 bits per heavy atom. The van der Waals surface area contributed by atoms with E-state index < -0.39 is 0 Å². The molecule has 0 saturated carbocycles. The molecule has 1 heterocycles. The molecule has 0 bridgehead atoms. The van der Waals surface area contributed by atoms with E-state index in [4.69, 9.17) is 34.8 Å². The fraction of sp³-hybridized carbons (Fsp3) is 0. The molecule has 2 nitrogen and oxygen atoms in total. The van der Waals surface area contributed by atoms with Crippen LogP contribution >= 0.6 is 34.8 Å². The number of nitrogens with zero attached hydrogens (tertiary/aromatic N) is 1. The van der Waals surface area contributed by atoms with Gasteiger partial charge in [-0.05, 0) is 24.3 Å². The van der Waals surface area contributed by atoms with Crippen molar-refractivity contribution in [1.82, 2.24) is 4.98 Å². The molecule has 0 amide bonds. The van der Waals surface area contributed by atoms with Gasteiger partial charge in [-0.2, -0.15) is 0 Å². The summed E-state index contributed by atoms with van der Waals surface area (Å²) < 4.78 is 0. The van der Waals surface area contributed by atoms with Gasteiger partial charge in [-0.1, -0.05) is 34.8 Å². The minimum Gasteiger partial charge on any atom is -0.506 e. The second-order valence-corrected chi connectivity index (χ2v) is 4.32. The quantitative estimate of drug-likeness (QED) is 0.781. The second kappa shape index (κ2) is 4.50. The Kier molecular flexibility index (Phi) is 3.24. The molecule has 0 aliphatic heterocycles. The van der Waals surface area contributed by atoms with Crippen LogP contribution in [0.15, 0.2) is 30.5 Å². The van der Waals surface area contributed by atoms with Crippen LogP contribution in [0.3, 0.4) is 0 Å². The van der Waals surface area contributed by atoms with E-state index in [1.165, 1.54) is 0 Å². The molecular weight excluding hydrogens is 268 g/mol. The molecule has 0 aliphatic rings. The first-order valence-corrected chi connectivity index (χ1v) is 5.52. The summed E-state index contributed by atoms with van der Waals surface area (Å²) in [5.41, 5.74) is 1.04. The van der Waals surface area contributed by atoms with Crippen molar-refractivity contribution in [2.45, 2.75) is 0 Å². The van der Waals surface area contributed by atoms with Gasteiger partial charge in [0.05, 0.1) is 15.1 Å². The predicted molar refractivity (Wildman–Crippen MR) is 66.4 cm³/mol. The lowest BCUT2D eigenvalue weighted by Gasteiger charge is -2.06. The average Bonchev–Trinajstić information content (AvgIpc) is 2.26. The van der Waals surface area contributed by atoms with E-state index in [-0.39, 0.29) is 5.75 Å². The molecule has 0 atom stereocenters. The van der Waals surface area contributed by atoms with Crippen molar-refractivity contribution in [1.29, 1.82) is 0 Å². The smallest absolute Gasteiger partial charge is 0.141 e. The molecule has 2 aromatic rings. The van der Waals surface area contributed by atoms with Crippen molar-refractivity contribution >= 4 is 34.8 Å². The Balaban J connectivity index is 2.62. The Hall–Kier alpha value is -0.960. The van der Waals surface area contributed by atoms with Crippen molar-refractivity contribution in [2.75, 3.05) is 0 Å². The Bertz CT molecular complexity index is 519. The van der Waals surface area contributed by atoms with Crippen LogP contribution in [0.1, 0.15) is 0 Å². The van der Waals surface area contributed by atoms with Gasteiger partial charge >= 0.3 is 0 Å². The minimum absolute atomic E-state index is 0.0666.